The molecule has 3 heteroatoms. The summed E-state index contributed by atoms with van der Waals surface area (Å²) in [6, 6.07) is 5.66. The molecule has 1 heterocycles. The van der Waals surface area contributed by atoms with Crippen LogP contribution >= 0.6 is 0 Å². The summed E-state index contributed by atoms with van der Waals surface area (Å²) in [5, 5.41) is 13.0. The normalized spacial score (nSPS) is 18.9. The third-order valence-corrected chi connectivity index (χ3v) is 3.97. The lowest BCUT2D eigenvalue weighted by atomic mass is 9.98. The predicted molar refractivity (Wildman–Crippen MR) is 77.7 cm³/mol. The Labute approximate surface area is 116 Å². The van der Waals surface area contributed by atoms with Crippen molar-refractivity contribution in [3.63, 3.8) is 0 Å². The van der Waals surface area contributed by atoms with Gasteiger partial charge in [0.2, 0.25) is 0 Å². The quantitative estimate of drug-likeness (QED) is 0.789. The molecule has 2 N–H and O–H groups in total. The van der Waals surface area contributed by atoms with Crippen molar-refractivity contribution in [3.05, 3.63) is 23.8 Å². The number of benzene rings is 1. The van der Waals surface area contributed by atoms with Crippen molar-refractivity contribution in [2.24, 2.45) is 5.92 Å². The number of hydrogen-bond acceptors (Lipinski definition) is 3. The molecule has 1 aliphatic heterocycles. The first-order chi connectivity index (χ1) is 9.24. The number of hydrogen-bond donors (Lipinski definition) is 2. The van der Waals surface area contributed by atoms with E-state index in [2.05, 4.69) is 19.2 Å². The molecule has 1 aromatic rings. The lowest BCUT2D eigenvalue weighted by Gasteiger charge is -2.18. The van der Waals surface area contributed by atoms with Crippen LogP contribution in [0.25, 0.3) is 0 Å². The third kappa shape index (κ3) is 3.63. The van der Waals surface area contributed by atoms with Crippen LogP contribution in [0.5, 0.6) is 11.5 Å². The summed E-state index contributed by atoms with van der Waals surface area (Å²) in [6.45, 7) is 6.22. The van der Waals surface area contributed by atoms with E-state index in [9.17, 15) is 5.11 Å². The van der Waals surface area contributed by atoms with Gasteiger partial charge in [-0.05, 0) is 31.0 Å². The number of rotatable bonds is 7. The van der Waals surface area contributed by atoms with Gasteiger partial charge in [-0.1, -0.05) is 33.1 Å². The Morgan fingerprint density at radius 1 is 1.42 bits per heavy atom. The first kappa shape index (κ1) is 14.2. The summed E-state index contributed by atoms with van der Waals surface area (Å²) in [5.74, 6) is 1.84. The topological polar surface area (TPSA) is 41.5 Å². The summed E-state index contributed by atoms with van der Waals surface area (Å²) in [5.41, 5.74) is 1.17. The SMILES string of the molecule is CCCCC(CC)CNC1COc2cc(O)ccc21. The predicted octanol–water partition coefficient (Wildman–Crippen LogP) is 3.63. The summed E-state index contributed by atoms with van der Waals surface area (Å²) >= 11 is 0. The molecule has 1 aliphatic rings. The van der Waals surface area contributed by atoms with Gasteiger partial charge in [-0.3, -0.25) is 0 Å². The standard InChI is InChI=1S/C16H25NO2/c1-3-5-6-12(4-2)10-17-15-11-19-16-9-13(18)7-8-14(15)16/h7-9,12,15,17-18H,3-6,10-11H2,1-2H3. The molecule has 0 aliphatic carbocycles. The number of unbranched alkanes of at least 4 members (excludes halogenated alkanes) is 1. The highest BCUT2D eigenvalue weighted by Crippen LogP contribution is 2.34. The third-order valence-electron chi connectivity index (χ3n) is 3.97. The Kier molecular flexibility index (Phi) is 5.08. The molecule has 2 unspecified atom stereocenters. The maximum Gasteiger partial charge on any atom is 0.127 e. The van der Waals surface area contributed by atoms with E-state index in [0.29, 0.717) is 6.61 Å². The molecule has 106 valence electrons. The monoisotopic (exact) mass is 263 g/mol. The minimum absolute atomic E-state index is 0.270. The molecular weight excluding hydrogens is 238 g/mol. The van der Waals surface area contributed by atoms with Crippen molar-refractivity contribution in [3.8, 4) is 11.5 Å². The van der Waals surface area contributed by atoms with Crippen molar-refractivity contribution >= 4 is 0 Å². The van der Waals surface area contributed by atoms with Crippen LogP contribution in [0.15, 0.2) is 18.2 Å². The minimum Gasteiger partial charge on any atom is -0.508 e. The zero-order chi connectivity index (χ0) is 13.7. The summed E-state index contributed by atoms with van der Waals surface area (Å²) in [6.07, 6.45) is 5.11. The fraction of sp³-hybridized carbons (Fsp3) is 0.625. The Hall–Kier alpha value is -1.22. The lowest BCUT2D eigenvalue weighted by molar-refractivity contribution is 0.297. The van der Waals surface area contributed by atoms with Crippen molar-refractivity contribution < 1.29 is 9.84 Å². The van der Waals surface area contributed by atoms with E-state index >= 15 is 0 Å². The zero-order valence-corrected chi connectivity index (χ0v) is 12.0. The van der Waals surface area contributed by atoms with E-state index in [4.69, 9.17) is 4.74 Å². The minimum atomic E-state index is 0.270. The maximum absolute atomic E-state index is 9.44. The number of phenolic OH excluding ortho intramolecular Hbond substituents is 1. The molecule has 0 radical (unpaired) electrons. The summed E-state index contributed by atoms with van der Waals surface area (Å²) in [7, 11) is 0. The molecule has 0 fully saturated rings. The fourth-order valence-electron chi connectivity index (χ4n) is 2.62. The Balaban J connectivity index is 1.88. The lowest BCUT2D eigenvalue weighted by Crippen LogP contribution is -2.28. The molecule has 3 nitrogen and oxygen atoms in total. The zero-order valence-electron chi connectivity index (χ0n) is 12.0. The van der Waals surface area contributed by atoms with Crippen molar-refractivity contribution in [1.29, 1.82) is 0 Å². The molecule has 0 saturated carbocycles. The summed E-state index contributed by atoms with van der Waals surface area (Å²) < 4.78 is 5.62. The van der Waals surface area contributed by atoms with Gasteiger partial charge < -0.3 is 15.2 Å². The van der Waals surface area contributed by atoms with E-state index in [1.165, 1.54) is 31.2 Å². The van der Waals surface area contributed by atoms with Gasteiger partial charge in [0, 0.05) is 11.6 Å². The molecule has 2 atom stereocenters. The Morgan fingerprint density at radius 2 is 2.26 bits per heavy atom. The molecule has 19 heavy (non-hydrogen) atoms. The van der Waals surface area contributed by atoms with Gasteiger partial charge in [-0.15, -0.1) is 0 Å². The van der Waals surface area contributed by atoms with Gasteiger partial charge in [0.15, 0.2) is 0 Å². The average molecular weight is 263 g/mol. The highest BCUT2D eigenvalue weighted by molar-refractivity contribution is 5.44. The van der Waals surface area contributed by atoms with E-state index < -0.39 is 0 Å². The second kappa shape index (κ2) is 6.80. The average Bonchev–Trinajstić information content (AvgIpc) is 2.81. The number of ether oxygens (including phenoxy) is 1. The molecule has 0 amide bonds. The van der Waals surface area contributed by atoms with Gasteiger partial charge in [0.1, 0.15) is 18.1 Å². The second-order valence-electron chi connectivity index (χ2n) is 5.41. The molecule has 0 aromatic heterocycles. The molecule has 0 saturated heterocycles. The summed E-state index contributed by atoms with van der Waals surface area (Å²) in [4.78, 5) is 0. The highest BCUT2D eigenvalue weighted by atomic mass is 16.5. The fourth-order valence-corrected chi connectivity index (χ4v) is 2.62. The maximum atomic E-state index is 9.44. The smallest absolute Gasteiger partial charge is 0.127 e. The second-order valence-corrected chi connectivity index (χ2v) is 5.41. The van der Waals surface area contributed by atoms with Crippen molar-refractivity contribution in [1.82, 2.24) is 5.32 Å². The van der Waals surface area contributed by atoms with Gasteiger partial charge in [-0.25, -0.2) is 0 Å². The molecular formula is C16H25NO2. The number of aromatic hydroxyl groups is 1. The number of fused-ring (bicyclic) bond motifs is 1. The van der Waals surface area contributed by atoms with Crippen LogP contribution in [-0.4, -0.2) is 18.3 Å². The van der Waals surface area contributed by atoms with Gasteiger partial charge in [-0.2, -0.15) is 0 Å². The van der Waals surface area contributed by atoms with Crippen molar-refractivity contribution in [2.75, 3.05) is 13.2 Å². The molecule has 0 spiro atoms. The van der Waals surface area contributed by atoms with E-state index in [1.54, 1.807) is 12.1 Å². The Bertz CT molecular complexity index is 406. The Morgan fingerprint density at radius 3 is 3.00 bits per heavy atom. The van der Waals surface area contributed by atoms with Crippen LogP contribution in [-0.2, 0) is 0 Å². The first-order valence-electron chi connectivity index (χ1n) is 7.43. The first-order valence-corrected chi connectivity index (χ1v) is 7.43. The van der Waals surface area contributed by atoms with Gasteiger partial charge >= 0.3 is 0 Å². The van der Waals surface area contributed by atoms with Crippen LogP contribution in [0.4, 0.5) is 0 Å². The van der Waals surface area contributed by atoms with E-state index in [0.717, 1.165) is 18.2 Å². The van der Waals surface area contributed by atoms with Crippen LogP contribution in [0.2, 0.25) is 0 Å². The van der Waals surface area contributed by atoms with Crippen molar-refractivity contribution in [2.45, 2.75) is 45.6 Å². The number of phenols is 1. The van der Waals surface area contributed by atoms with Gasteiger partial charge in [0.25, 0.3) is 0 Å². The number of nitrogens with one attached hydrogen (secondary N) is 1. The van der Waals surface area contributed by atoms with E-state index in [1.807, 2.05) is 6.07 Å². The molecule has 0 bridgehead atoms. The van der Waals surface area contributed by atoms with Crippen LogP contribution in [0.1, 0.15) is 51.1 Å². The largest absolute Gasteiger partial charge is 0.508 e. The van der Waals surface area contributed by atoms with Gasteiger partial charge in [0.05, 0.1) is 6.04 Å². The molecule has 1 aromatic carbocycles. The highest BCUT2D eigenvalue weighted by Gasteiger charge is 2.24. The molecule has 2 rings (SSSR count). The van der Waals surface area contributed by atoms with Crippen LogP contribution in [0, 0.1) is 5.92 Å². The van der Waals surface area contributed by atoms with Crippen LogP contribution in [0.3, 0.4) is 0 Å². The van der Waals surface area contributed by atoms with E-state index in [-0.39, 0.29) is 11.8 Å². The van der Waals surface area contributed by atoms with Crippen LogP contribution < -0.4 is 10.1 Å².